The van der Waals surface area contributed by atoms with Crippen molar-refractivity contribution in [3.05, 3.63) is 70.1 Å². The van der Waals surface area contributed by atoms with E-state index in [0.717, 1.165) is 0 Å². The van der Waals surface area contributed by atoms with Gasteiger partial charge in [0.05, 0.1) is 19.3 Å². The van der Waals surface area contributed by atoms with Crippen LogP contribution in [0.2, 0.25) is 0 Å². The number of ether oxygens (including phenoxy) is 2. The molecule has 1 amide bonds. The van der Waals surface area contributed by atoms with Gasteiger partial charge in [0.25, 0.3) is 5.91 Å². The molecule has 27 heavy (non-hydrogen) atoms. The minimum Gasteiger partial charge on any atom is -0.494 e. The minimum atomic E-state index is -0.750. The Morgan fingerprint density at radius 2 is 1.81 bits per heavy atom. The molecule has 3 rings (SSSR count). The molecule has 3 aromatic rings. The molecular formula is C20H17NO6. The highest BCUT2D eigenvalue weighted by Crippen LogP contribution is 2.21. The highest BCUT2D eigenvalue weighted by Gasteiger charge is 2.15. The van der Waals surface area contributed by atoms with E-state index in [2.05, 4.69) is 10.1 Å². The standard InChI is InChI=1S/C20H17NO6/c1-3-26-15-9-6-13-10-16(20(24)27-17(13)11-15)18(22)21-14-7-4-12(5-8-14)19(23)25-2/h4-11H,3H2,1-2H3,(H,21,22). The fourth-order valence-corrected chi connectivity index (χ4v) is 2.51. The zero-order valence-electron chi connectivity index (χ0n) is 14.8. The van der Waals surface area contributed by atoms with Gasteiger partial charge in [-0.25, -0.2) is 9.59 Å². The summed E-state index contributed by atoms with van der Waals surface area (Å²) >= 11 is 0. The molecule has 7 nitrogen and oxygen atoms in total. The summed E-state index contributed by atoms with van der Waals surface area (Å²) in [7, 11) is 1.29. The molecule has 0 aliphatic carbocycles. The lowest BCUT2D eigenvalue weighted by molar-refractivity contribution is 0.0600. The minimum absolute atomic E-state index is 0.122. The van der Waals surface area contributed by atoms with Crippen LogP contribution in [0.5, 0.6) is 5.75 Å². The first kappa shape index (κ1) is 18.2. The number of carbonyl (C=O) groups excluding carboxylic acids is 2. The number of hydrogen-bond donors (Lipinski definition) is 1. The maximum absolute atomic E-state index is 12.4. The van der Waals surface area contributed by atoms with Crippen LogP contribution in [-0.2, 0) is 4.74 Å². The lowest BCUT2D eigenvalue weighted by Gasteiger charge is -2.07. The third kappa shape index (κ3) is 3.98. The summed E-state index contributed by atoms with van der Waals surface area (Å²) in [6.45, 7) is 2.34. The van der Waals surface area contributed by atoms with Gasteiger partial charge in [-0.2, -0.15) is 0 Å². The number of carbonyl (C=O) groups is 2. The molecule has 0 unspecified atom stereocenters. The van der Waals surface area contributed by atoms with Gasteiger partial charge in [0.15, 0.2) is 0 Å². The van der Waals surface area contributed by atoms with Crippen molar-refractivity contribution in [2.24, 2.45) is 0 Å². The van der Waals surface area contributed by atoms with Crippen LogP contribution in [0.1, 0.15) is 27.6 Å². The van der Waals surface area contributed by atoms with Gasteiger partial charge in [0, 0.05) is 17.1 Å². The zero-order valence-corrected chi connectivity index (χ0v) is 14.8. The highest BCUT2D eigenvalue weighted by molar-refractivity contribution is 6.05. The SMILES string of the molecule is CCOc1ccc2cc(C(=O)Nc3ccc(C(=O)OC)cc3)c(=O)oc2c1. The van der Waals surface area contributed by atoms with Gasteiger partial charge in [-0.3, -0.25) is 4.79 Å². The van der Waals surface area contributed by atoms with Crippen molar-refractivity contribution in [2.75, 3.05) is 19.0 Å². The van der Waals surface area contributed by atoms with Crippen LogP contribution in [0.15, 0.2) is 57.7 Å². The number of rotatable bonds is 5. The molecule has 0 saturated carbocycles. The molecule has 0 spiro atoms. The first-order chi connectivity index (χ1) is 13.0. The number of anilines is 1. The Kier molecular flexibility index (Phi) is 5.21. The summed E-state index contributed by atoms with van der Waals surface area (Å²) in [5, 5.41) is 3.20. The van der Waals surface area contributed by atoms with Gasteiger partial charge >= 0.3 is 11.6 Å². The fourth-order valence-electron chi connectivity index (χ4n) is 2.51. The van der Waals surface area contributed by atoms with Crippen molar-refractivity contribution in [1.29, 1.82) is 0 Å². The van der Waals surface area contributed by atoms with E-state index in [9.17, 15) is 14.4 Å². The monoisotopic (exact) mass is 367 g/mol. The van der Waals surface area contributed by atoms with Crippen molar-refractivity contribution >= 4 is 28.5 Å². The average molecular weight is 367 g/mol. The maximum atomic E-state index is 12.4. The number of benzene rings is 2. The molecule has 7 heteroatoms. The number of methoxy groups -OCH3 is 1. The molecular weight excluding hydrogens is 350 g/mol. The largest absolute Gasteiger partial charge is 0.494 e. The first-order valence-electron chi connectivity index (χ1n) is 8.22. The Hall–Kier alpha value is -3.61. The van der Waals surface area contributed by atoms with Crippen molar-refractivity contribution in [2.45, 2.75) is 6.92 Å². The summed E-state index contributed by atoms with van der Waals surface area (Å²) in [6.07, 6.45) is 0. The van der Waals surface area contributed by atoms with Crippen LogP contribution < -0.4 is 15.7 Å². The number of fused-ring (bicyclic) bond motifs is 1. The Bertz CT molecular complexity index is 1050. The number of esters is 1. The lowest BCUT2D eigenvalue weighted by atomic mass is 10.1. The Morgan fingerprint density at radius 3 is 2.48 bits per heavy atom. The van der Waals surface area contributed by atoms with Gasteiger partial charge in [-0.05, 0) is 49.4 Å². The summed E-state index contributed by atoms with van der Waals surface area (Å²) in [4.78, 5) is 36.1. The second-order valence-electron chi connectivity index (χ2n) is 5.60. The van der Waals surface area contributed by atoms with Crippen LogP contribution in [0, 0.1) is 0 Å². The highest BCUT2D eigenvalue weighted by atomic mass is 16.5. The van der Waals surface area contributed by atoms with Crippen molar-refractivity contribution < 1.29 is 23.5 Å². The van der Waals surface area contributed by atoms with Gasteiger partial charge in [0.2, 0.25) is 0 Å². The van der Waals surface area contributed by atoms with E-state index in [-0.39, 0.29) is 5.56 Å². The van der Waals surface area contributed by atoms with Crippen molar-refractivity contribution in [3.8, 4) is 5.75 Å². The first-order valence-corrected chi connectivity index (χ1v) is 8.22. The van der Waals surface area contributed by atoms with Crippen LogP contribution in [0.3, 0.4) is 0 Å². The number of hydrogen-bond acceptors (Lipinski definition) is 6. The molecule has 138 valence electrons. The Labute approximate surface area is 154 Å². The zero-order chi connectivity index (χ0) is 19.4. The lowest BCUT2D eigenvalue weighted by Crippen LogP contribution is -2.20. The van der Waals surface area contributed by atoms with E-state index in [1.54, 1.807) is 30.3 Å². The molecule has 1 heterocycles. The predicted octanol–water partition coefficient (Wildman–Crippen LogP) is 3.23. The Morgan fingerprint density at radius 1 is 1.07 bits per heavy atom. The average Bonchev–Trinajstić information content (AvgIpc) is 2.67. The molecule has 0 fully saturated rings. The van der Waals surface area contributed by atoms with Crippen LogP contribution in [-0.4, -0.2) is 25.6 Å². The second kappa shape index (κ2) is 7.74. The molecule has 1 aromatic heterocycles. The van der Waals surface area contributed by atoms with Gasteiger partial charge in [-0.15, -0.1) is 0 Å². The Balaban J connectivity index is 1.84. The number of amides is 1. The van der Waals surface area contributed by atoms with Crippen molar-refractivity contribution in [1.82, 2.24) is 0 Å². The second-order valence-corrected chi connectivity index (χ2v) is 5.60. The van der Waals surface area contributed by atoms with Gasteiger partial charge in [0.1, 0.15) is 16.9 Å². The van der Waals surface area contributed by atoms with E-state index < -0.39 is 17.5 Å². The molecule has 0 saturated heterocycles. The van der Waals surface area contributed by atoms with Crippen LogP contribution in [0.4, 0.5) is 5.69 Å². The van der Waals surface area contributed by atoms with Crippen molar-refractivity contribution in [3.63, 3.8) is 0 Å². The predicted molar refractivity (Wildman–Crippen MR) is 99.4 cm³/mol. The maximum Gasteiger partial charge on any atom is 0.349 e. The topological polar surface area (TPSA) is 94.8 Å². The van der Waals surface area contributed by atoms with E-state index in [1.165, 1.54) is 25.3 Å². The smallest absolute Gasteiger partial charge is 0.349 e. The van der Waals surface area contributed by atoms with E-state index in [1.807, 2.05) is 6.92 Å². The molecule has 1 N–H and O–H groups in total. The quantitative estimate of drug-likeness (QED) is 0.549. The summed E-state index contributed by atoms with van der Waals surface area (Å²) < 4.78 is 15.2. The van der Waals surface area contributed by atoms with E-state index >= 15 is 0 Å². The summed E-state index contributed by atoms with van der Waals surface area (Å²) in [5.74, 6) is -0.504. The summed E-state index contributed by atoms with van der Waals surface area (Å²) in [6, 6.07) is 12.6. The molecule has 0 atom stereocenters. The number of nitrogens with one attached hydrogen (secondary N) is 1. The molecule has 0 aliphatic heterocycles. The molecule has 0 radical (unpaired) electrons. The third-order valence-electron chi connectivity index (χ3n) is 3.83. The third-order valence-corrected chi connectivity index (χ3v) is 3.83. The van der Waals surface area contributed by atoms with Gasteiger partial charge < -0.3 is 19.2 Å². The fraction of sp³-hybridized carbons (Fsp3) is 0.150. The molecule has 2 aromatic carbocycles. The molecule has 0 aliphatic rings. The van der Waals surface area contributed by atoms with Crippen LogP contribution in [0.25, 0.3) is 11.0 Å². The van der Waals surface area contributed by atoms with E-state index in [0.29, 0.717) is 34.6 Å². The summed E-state index contributed by atoms with van der Waals surface area (Å²) in [5.41, 5.74) is 0.248. The molecule has 0 bridgehead atoms. The van der Waals surface area contributed by atoms with Crippen LogP contribution >= 0.6 is 0 Å². The van der Waals surface area contributed by atoms with E-state index in [4.69, 9.17) is 9.15 Å². The normalized spacial score (nSPS) is 10.4. The van der Waals surface area contributed by atoms with Gasteiger partial charge in [-0.1, -0.05) is 0 Å².